The standard InChI is InChI=1S/C19H21N7O2/c1-28-9-8-26-7-6-17(25-26)24-19(27)18-16(22-14-10-20-12-21-11-14)5-4-15(23-18)13-2-3-13/h4-7,10-13,22H,2-3,8-9H2,1H3,(H,24,25,27). The third kappa shape index (κ3) is 4.32. The Balaban J connectivity index is 1.56. The first-order chi connectivity index (χ1) is 13.7. The van der Waals surface area contributed by atoms with E-state index in [2.05, 4.69) is 30.7 Å². The number of rotatable bonds is 8. The zero-order chi connectivity index (χ0) is 19.3. The van der Waals surface area contributed by atoms with Crippen molar-refractivity contribution in [2.24, 2.45) is 0 Å². The molecule has 0 saturated heterocycles. The topological polar surface area (TPSA) is 107 Å². The summed E-state index contributed by atoms with van der Waals surface area (Å²) in [5.41, 5.74) is 2.53. The van der Waals surface area contributed by atoms with Gasteiger partial charge in [-0.05, 0) is 25.0 Å². The molecule has 9 heteroatoms. The molecule has 9 nitrogen and oxygen atoms in total. The second-order valence-corrected chi connectivity index (χ2v) is 6.57. The Bertz CT molecular complexity index is 954. The predicted octanol–water partition coefficient (Wildman–Crippen LogP) is 2.59. The number of methoxy groups -OCH3 is 1. The largest absolute Gasteiger partial charge is 0.383 e. The van der Waals surface area contributed by atoms with E-state index in [4.69, 9.17) is 4.74 Å². The molecule has 1 fully saturated rings. The number of aromatic nitrogens is 5. The van der Waals surface area contributed by atoms with Gasteiger partial charge in [-0.15, -0.1) is 0 Å². The fraction of sp³-hybridized carbons (Fsp3) is 0.316. The lowest BCUT2D eigenvalue weighted by Crippen LogP contribution is -2.17. The maximum absolute atomic E-state index is 12.9. The van der Waals surface area contributed by atoms with Crippen molar-refractivity contribution in [2.75, 3.05) is 24.4 Å². The van der Waals surface area contributed by atoms with Gasteiger partial charge < -0.3 is 15.4 Å². The van der Waals surface area contributed by atoms with Gasteiger partial charge in [0.25, 0.3) is 5.91 Å². The molecule has 0 aromatic carbocycles. The first kappa shape index (κ1) is 18.1. The van der Waals surface area contributed by atoms with E-state index in [1.807, 2.05) is 12.1 Å². The molecule has 3 aromatic rings. The number of anilines is 3. The van der Waals surface area contributed by atoms with Crippen molar-refractivity contribution >= 4 is 23.1 Å². The Hall–Kier alpha value is -3.33. The predicted molar refractivity (Wildman–Crippen MR) is 104 cm³/mol. The number of nitrogens with zero attached hydrogens (tertiary/aromatic N) is 5. The molecule has 4 rings (SSSR count). The van der Waals surface area contributed by atoms with Gasteiger partial charge in [0.1, 0.15) is 6.33 Å². The molecule has 0 spiro atoms. The summed E-state index contributed by atoms with van der Waals surface area (Å²) in [6.07, 6.45) is 8.74. The monoisotopic (exact) mass is 379 g/mol. The van der Waals surface area contributed by atoms with Crippen LogP contribution in [0.2, 0.25) is 0 Å². The lowest BCUT2D eigenvalue weighted by atomic mass is 10.2. The molecule has 2 N–H and O–H groups in total. The Morgan fingerprint density at radius 1 is 1.25 bits per heavy atom. The Labute approximate surface area is 162 Å². The first-order valence-corrected chi connectivity index (χ1v) is 9.09. The van der Waals surface area contributed by atoms with Crippen LogP contribution in [-0.2, 0) is 11.3 Å². The van der Waals surface area contributed by atoms with Crippen LogP contribution in [0.1, 0.15) is 34.9 Å². The van der Waals surface area contributed by atoms with Crippen LogP contribution in [-0.4, -0.2) is 44.4 Å². The normalized spacial score (nSPS) is 13.3. The van der Waals surface area contributed by atoms with Crippen molar-refractivity contribution in [1.29, 1.82) is 0 Å². The number of hydrogen-bond donors (Lipinski definition) is 2. The first-order valence-electron chi connectivity index (χ1n) is 9.09. The SMILES string of the molecule is COCCn1ccc(NC(=O)c2nc(C3CC3)ccc2Nc2cncnc2)n1. The third-order valence-corrected chi connectivity index (χ3v) is 4.37. The zero-order valence-corrected chi connectivity index (χ0v) is 15.5. The summed E-state index contributed by atoms with van der Waals surface area (Å²) in [4.78, 5) is 25.5. The molecule has 1 amide bonds. The van der Waals surface area contributed by atoms with Gasteiger partial charge in [0.2, 0.25) is 0 Å². The van der Waals surface area contributed by atoms with Crippen LogP contribution in [0.15, 0.2) is 43.1 Å². The zero-order valence-electron chi connectivity index (χ0n) is 15.5. The van der Waals surface area contributed by atoms with E-state index < -0.39 is 0 Å². The van der Waals surface area contributed by atoms with Crippen molar-refractivity contribution in [1.82, 2.24) is 24.7 Å². The summed E-state index contributed by atoms with van der Waals surface area (Å²) in [5.74, 6) is 0.585. The van der Waals surface area contributed by atoms with Gasteiger partial charge in [0.15, 0.2) is 11.5 Å². The summed E-state index contributed by atoms with van der Waals surface area (Å²) in [6.45, 7) is 1.16. The van der Waals surface area contributed by atoms with Crippen LogP contribution in [0.3, 0.4) is 0 Å². The molecule has 0 atom stereocenters. The number of nitrogens with one attached hydrogen (secondary N) is 2. The molecule has 1 aliphatic rings. The molecule has 3 aromatic heterocycles. The minimum Gasteiger partial charge on any atom is -0.383 e. The molecule has 144 valence electrons. The smallest absolute Gasteiger partial charge is 0.277 e. The molecular formula is C19H21N7O2. The van der Waals surface area contributed by atoms with Gasteiger partial charge in [-0.25, -0.2) is 15.0 Å². The number of carbonyl (C=O) groups is 1. The van der Waals surface area contributed by atoms with Gasteiger partial charge in [0, 0.05) is 31.0 Å². The van der Waals surface area contributed by atoms with Crippen LogP contribution in [0, 0.1) is 0 Å². The third-order valence-electron chi connectivity index (χ3n) is 4.37. The number of amides is 1. The number of hydrogen-bond acceptors (Lipinski definition) is 7. The number of carbonyl (C=O) groups excluding carboxylic acids is 1. The Kier molecular flexibility index (Phi) is 5.24. The molecule has 1 aliphatic carbocycles. The van der Waals surface area contributed by atoms with Gasteiger partial charge in [0.05, 0.1) is 36.9 Å². The van der Waals surface area contributed by atoms with Crippen LogP contribution < -0.4 is 10.6 Å². The van der Waals surface area contributed by atoms with Crippen molar-refractivity contribution < 1.29 is 9.53 Å². The number of pyridine rings is 1. The van der Waals surface area contributed by atoms with E-state index in [9.17, 15) is 4.79 Å². The van der Waals surface area contributed by atoms with Crippen molar-refractivity contribution in [3.63, 3.8) is 0 Å². The Morgan fingerprint density at radius 2 is 2.07 bits per heavy atom. The molecule has 3 heterocycles. The quantitative estimate of drug-likeness (QED) is 0.619. The summed E-state index contributed by atoms with van der Waals surface area (Å²) in [7, 11) is 1.64. The highest BCUT2D eigenvalue weighted by molar-refractivity contribution is 6.06. The summed E-state index contributed by atoms with van der Waals surface area (Å²) in [6, 6.07) is 5.58. The summed E-state index contributed by atoms with van der Waals surface area (Å²) < 4.78 is 6.76. The van der Waals surface area contributed by atoms with Crippen molar-refractivity contribution in [3.05, 3.63) is 54.5 Å². The summed E-state index contributed by atoms with van der Waals surface area (Å²) in [5, 5.41) is 10.3. The second kappa shape index (κ2) is 8.13. The van der Waals surface area contributed by atoms with Crippen LogP contribution in [0.25, 0.3) is 0 Å². The highest BCUT2D eigenvalue weighted by atomic mass is 16.5. The maximum atomic E-state index is 12.9. The Morgan fingerprint density at radius 3 is 2.82 bits per heavy atom. The van der Waals surface area contributed by atoms with E-state index in [1.54, 1.807) is 36.4 Å². The van der Waals surface area contributed by atoms with Gasteiger partial charge in [-0.2, -0.15) is 5.10 Å². The summed E-state index contributed by atoms with van der Waals surface area (Å²) >= 11 is 0. The molecular weight excluding hydrogens is 358 g/mol. The molecule has 0 bridgehead atoms. The van der Waals surface area contributed by atoms with E-state index >= 15 is 0 Å². The fourth-order valence-electron chi connectivity index (χ4n) is 2.79. The highest BCUT2D eigenvalue weighted by Crippen LogP contribution is 2.39. The van der Waals surface area contributed by atoms with E-state index in [-0.39, 0.29) is 5.91 Å². The minimum atomic E-state index is -0.321. The van der Waals surface area contributed by atoms with Crippen LogP contribution in [0.4, 0.5) is 17.2 Å². The molecule has 0 aliphatic heterocycles. The van der Waals surface area contributed by atoms with E-state index in [0.717, 1.165) is 18.5 Å². The van der Waals surface area contributed by atoms with Gasteiger partial charge in [-0.3, -0.25) is 9.48 Å². The highest BCUT2D eigenvalue weighted by Gasteiger charge is 2.27. The van der Waals surface area contributed by atoms with Crippen molar-refractivity contribution in [3.8, 4) is 0 Å². The van der Waals surface area contributed by atoms with Crippen LogP contribution in [0.5, 0.6) is 0 Å². The van der Waals surface area contributed by atoms with Crippen LogP contribution >= 0.6 is 0 Å². The van der Waals surface area contributed by atoms with Crippen molar-refractivity contribution in [2.45, 2.75) is 25.3 Å². The molecule has 28 heavy (non-hydrogen) atoms. The maximum Gasteiger partial charge on any atom is 0.277 e. The molecule has 0 radical (unpaired) electrons. The lowest BCUT2D eigenvalue weighted by molar-refractivity contribution is 0.102. The van der Waals surface area contributed by atoms with E-state index in [0.29, 0.717) is 42.0 Å². The number of ether oxygens (including phenoxy) is 1. The van der Waals surface area contributed by atoms with Gasteiger partial charge in [-0.1, -0.05) is 0 Å². The fourth-order valence-corrected chi connectivity index (χ4v) is 2.79. The average Bonchev–Trinajstić information content (AvgIpc) is 3.47. The molecule has 1 saturated carbocycles. The van der Waals surface area contributed by atoms with Gasteiger partial charge >= 0.3 is 0 Å². The minimum absolute atomic E-state index is 0.319. The average molecular weight is 379 g/mol. The second-order valence-electron chi connectivity index (χ2n) is 6.57. The molecule has 0 unspecified atom stereocenters. The van der Waals surface area contributed by atoms with E-state index in [1.165, 1.54) is 6.33 Å². The lowest BCUT2D eigenvalue weighted by Gasteiger charge is -2.12.